The fraction of sp³-hybridized carbons (Fsp3) is 0.333. The molecule has 28 heavy (non-hydrogen) atoms. The van der Waals surface area contributed by atoms with Crippen molar-refractivity contribution in [1.29, 1.82) is 0 Å². The van der Waals surface area contributed by atoms with Crippen molar-refractivity contribution in [1.82, 2.24) is 14.9 Å². The van der Waals surface area contributed by atoms with Crippen LogP contribution >= 0.6 is 0 Å². The molecule has 0 aliphatic rings. The van der Waals surface area contributed by atoms with E-state index in [-0.39, 0.29) is 6.61 Å². The first kappa shape index (κ1) is 19.9. The van der Waals surface area contributed by atoms with Gasteiger partial charge < -0.3 is 20.1 Å². The maximum absolute atomic E-state index is 11.3. The second kappa shape index (κ2) is 8.86. The molecule has 0 saturated heterocycles. The highest BCUT2D eigenvalue weighted by molar-refractivity contribution is 5.79. The van der Waals surface area contributed by atoms with Gasteiger partial charge in [0.25, 0.3) is 0 Å². The number of nitrogens with one attached hydrogen (secondary N) is 1. The Balaban J connectivity index is 1.89. The van der Waals surface area contributed by atoms with E-state index in [1.807, 2.05) is 54.0 Å². The molecule has 1 atom stereocenters. The van der Waals surface area contributed by atoms with Gasteiger partial charge in [0.2, 0.25) is 5.91 Å². The molecular formula is C21H26N4O3. The zero-order valence-electron chi connectivity index (χ0n) is 16.2. The van der Waals surface area contributed by atoms with E-state index in [0.29, 0.717) is 25.3 Å². The number of ether oxygens (including phenoxy) is 1. The van der Waals surface area contributed by atoms with Crippen LogP contribution in [0, 0.1) is 6.92 Å². The average Bonchev–Trinajstić information content (AvgIpc) is 3.03. The number of hydrogen-bond acceptors (Lipinski definition) is 5. The predicted molar refractivity (Wildman–Crippen MR) is 108 cm³/mol. The first-order valence-electron chi connectivity index (χ1n) is 9.35. The van der Waals surface area contributed by atoms with Gasteiger partial charge in [-0.3, -0.25) is 10.1 Å². The normalized spacial score (nSPS) is 12.2. The molecule has 1 amide bonds. The Morgan fingerprint density at radius 2 is 1.96 bits per heavy atom. The summed E-state index contributed by atoms with van der Waals surface area (Å²) in [6, 6.07) is 13.2. The minimum absolute atomic E-state index is 0.0871. The van der Waals surface area contributed by atoms with Gasteiger partial charge in [0, 0.05) is 19.2 Å². The number of aryl methyl sites for hydroxylation is 2. The molecule has 0 aliphatic heterocycles. The van der Waals surface area contributed by atoms with Gasteiger partial charge in [-0.15, -0.1) is 0 Å². The molecule has 0 fully saturated rings. The van der Waals surface area contributed by atoms with E-state index in [0.717, 1.165) is 22.6 Å². The van der Waals surface area contributed by atoms with E-state index in [2.05, 4.69) is 10.3 Å². The van der Waals surface area contributed by atoms with Gasteiger partial charge in [-0.25, -0.2) is 4.98 Å². The van der Waals surface area contributed by atoms with E-state index in [4.69, 9.17) is 10.5 Å². The number of rotatable bonds is 9. The van der Waals surface area contributed by atoms with Crippen molar-refractivity contribution in [2.45, 2.75) is 39.4 Å². The van der Waals surface area contributed by atoms with Crippen LogP contribution in [0.4, 0.5) is 0 Å². The van der Waals surface area contributed by atoms with Crippen molar-refractivity contribution in [2.24, 2.45) is 5.73 Å². The largest absolute Gasteiger partial charge is 0.457 e. The third kappa shape index (κ3) is 4.68. The van der Waals surface area contributed by atoms with Crippen molar-refractivity contribution in [3.63, 3.8) is 0 Å². The summed E-state index contributed by atoms with van der Waals surface area (Å²) in [6.45, 7) is 4.85. The third-order valence-electron chi connectivity index (χ3n) is 4.59. The quantitative estimate of drug-likeness (QED) is 0.528. The molecule has 1 aromatic heterocycles. The first-order valence-corrected chi connectivity index (χ1v) is 9.35. The molecular weight excluding hydrogens is 356 g/mol. The summed E-state index contributed by atoms with van der Waals surface area (Å²) in [6.07, 6.45) is 0.604. The molecule has 7 heteroatoms. The first-order chi connectivity index (χ1) is 13.5. The van der Waals surface area contributed by atoms with Crippen LogP contribution in [-0.4, -0.2) is 33.2 Å². The van der Waals surface area contributed by atoms with E-state index in [9.17, 15) is 9.90 Å². The lowest BCUT2D eigenvalue weighted by Gasteiger charge is -2.12. The fourth-order valence-corrected chi connectivity index (χ4v) is 2.92. The number of nitrogens with zero attached hydrogens (tertiary/aromatic N) is 2. The molecule has 0 aliphatic carbocycles. The molecule has 0 radical (unpaired) electrons. The van der Waals surface area contributed by atoms with Crippen molar-refractivity contribution < 1.29 is 14.6 Å². The van der Waals surface area contributed by atoms with Crippen molar-refractivity contribution in [2.75, 3.05) is 6.61 Å². The molecule has 1 heterocycles. The number of aromatic nitrogens is 2. The topological polar surface area (TPSA) is 102 Å². The Morgan fingerprint density at radius 1 is 1.25 bits per heavy atom. The number of fused-ring (bicyclic) bond motifs is 1. The van der Waals surface area contributed by atoms with E-state index in [1.54, 1.807) is 6.92 Å². The molecule has 0 saturated carbocycles. The number of nitrogens with two attached hydrogens (primary N) is 1. The number of imidazole rings is 1. The van der Waals surface area contributed by atoms with E-state index < -0.39 is 11.9 Å². The summed E-state index contributed by atoms with van der Waals surface area (Å²) in [5.41, 5.74) is 8.24. The Hall–Kier alpha value is -2.90. The highest BCUT2D eigenvalue weighted by atomic mass is 16.5. The molecule has 0 bridgehead atoms. The summed E-state index contributed by atoms with van der Waals surface area (Å²) in [5, 5.41) is 12.3. The molecule has 3 aromatic rings. The van der Waals surface area contributed by atoms with Gasteiger partial charge in [0.1, 0.15) is 17.3 Å². The van der Waals surface area contributed by atoms with Crippen molar-refractivity contribution >= 4 is 16.9 Å². The van der Waals surface area contributed by atoms with Gasteiger partial charge in [0.05, 0.1) is 23.6 Å². The van der Waals surface area contributed by atoms with Gasteiger partial charge in [0.15, 0.2) is 0 Å². The fourth-order valence-electron chi connectivity index (χ4n) is 2.92. The van der Waals surface area contributed by atoms with Crippen LogP contribution in [0.15, 0.2) is 42.5 Å². The van der Waals surface area contributed by atoms with Crippen LogP contribution in [0.3, 0.4) is 0 Å². The number of benzene rings is 2. The SMILES string of the molecule is Cc1ccc(Oc2ccc3nc(CN[C@@H](C)C(N)=O)n(CCCO)c3c2)cc1. The predicted octanol–water partition coefficient (Wildman–Crippen LogP) is 2.48. The molecule has 3 rings (SSSR count). The summed E-state index contributed by atoms with van der Waals surface area (Å²) >= 11 is 0. The number of amides is 1. The minimum Gasteiger partial charge on any atom is -0.457 e. The van der Waals surface area contributed by atoms with Crippen LogP contribution in [0.5, 0.6) is 11.5 Å². The maximum atomic E-state index is 11.3. The van der Waals surface area contributed by atoms with Crippen LogP contribution < -0.4 is 15.8 Å². The number of hydrogen-bond donors (Lipinski definition) is 3. The molecule has 4 N–H and O–H groups in total. The standard InChI is InChI=1S/C21H26N4O3/c1-14-4-6-16(7-5-14)28-17-8-9-18-19(12-17)25(10-3-11-26)20(24-18)13-23-15(2)21(22)27/h4-9,12,15,23,26H,3,10-11,13H2,1-2H3,(H2,22,27)/t15-/m0/s1. The third-order valence-corrected chi connectivity index (χ3v) is 4.59. The van der Waals surface area contributed by atoms with Crippen molar-refractivity contribution in [3.8, 4) is 11.5 Å². The van der Waals surface area contributed by atoms with Gasteiger partial charge >= 0.3 is 0 Å². The van der Waals surface area contributed by atoms with Crippen LogP contribution in [0.1, 0.15) is 24.7 Å². The van der Waals surface area contributed by atoms with Crippen molar-refractivity contribution in [3.05, 3.63) is 53.9 Å². The Bertz CT molecular complexity index is 950. The number of carbonyl (C=O) groups is 1. The highest BCUT2D eigenvalue weighted by Gasteiger charge is 2.14. The lowest BCUT2D eigenvalue weighted by molar-refractivity contribution is -0.119. The maximum Gasteiger partial charge on any atom is 0.234 e. The lowest BCUT2D eigenvalue weighted by atomic mass is 10.2. The zero-order valence-corrected chi connectivity index (χ0v) is 16.2. The summed E-state index contributed by atoms with van der Waals surface area (Å²) in [4.78, 5) is 15.9. The Morgan fingerprint density at radius 3 is 2.64 bits per heavy atom. The van der Waals surface area contributed by atoms with Gasteiger partial charge in [-0.05, 0) is 44.5 Å². The van der Waals surface area contributed by atoms with E-state index >= 15 is 0 Å². The monoisotopic (exact) mass is 382 g/mol. The van der Waals surface area contributed by atoms with Gasteiger partial charge in [-0.1, -0.05) is 17.7 Å². The molecule has 7 nitrogen and oxygen atoms in total. The Kier molecular flexibility index (Phi) is 6.28. The summed E-state index contributed by atoms with van der Waals surface area (Å²) in [5.74, 6) is 1.85. The second-order valence-corrected chi connectivity index (χ2v) is 6.83. The number of carbonyl (C=O) groups excluding carboxylic acids is 1. The lowest BCUT2D eigenvalue weighted by Crippen LogP contribution is -2.38. The van der Waals surface area contributed by atoms with Crippen LogP contribution in [0.2, 0.25) is 0 Å². The molecule has 0 spiro atoms. The summed E-state index contributed by atoms with van der Waals surface area (Å²) in [7, 11) is 0. The second-order valence-electron chi connectivity index (χ2n) is 6.83. The molecule has 0 unspecified atom stereocenters. The number of aliphatic hydroxyl groups excluding tert-OH is 1. The van der Waals surface area contributed by atoms with Crippen LogP contribution in [-0.2, 0) is 17.9 Å². The van der Waals surface area contributed by atoms with Gasteiger partial charge in [-0.2, -0.15) is 0 Å². The molecule has 2 aromatic carbocycles. The zero-order chi connectivity index (χ0) is 20.1. The van der Waals surface area contributed by atoms with Crippen LogP contribution in [0.25, 0.3) is 11.0 Å². The number of aliphatic hydroxyl groups is 1. The number of primary amides is 1. The average molecular weight is 382 g/mol. The summed E-state index contributed by atoms with van der Waals surface area (Å²) < 4.78 is 8.01. The highest BCUT2D eigenvalue weighted by Crippen LogP contribution is 2.27. The van der Waals surface area contributed by atoms with E-state index in [1.165, 1.54) is 5.56 Å². The smallest absolute Gasteiger partial charge is 0.234 e. The minimum atomic E-state index is -0.452. The Labute approximate surface area is 164 Å². The molecule has 148 valence electrons.